The van der Waals surface area contributed by atoms with Crippen LogP contribution in [0.1, 0.15) is 32.6 Å². The largest absolute Gasteiger partial charge is 0.480 e. The summed E-state index contributed by atoms with van der Waals surface area (Å²) in [5.41, 5.74) is 0. The number of hydrogen-bond donors (Lipinski definition) is 2. The monoisotopic (exact) mass is 228 g/mol. The van der Waals surface area contributed by atoms with Gasteiger partial charge in [0.2, 0.25) is 5.91 Å². The molecule has 0 aromatic heterocycles. The summed E-state index contributed by atoms with van der Waals surface area (Å²) in [6.45, 7) is 1.57. The molecule has 1 saturated carbocycles. The van der Waals surface area contributed by atoms with E-state index in [1.807, 2.05) is 0 Å². The zero-order valence-electron chi connectivity index (χ0n) is 9.90. The van der Waals surface area contributed by atoms with E-state index in [0.29, 0.717) is 0 Å². The van der Waals surface area contributed by atoms with Crippen molar-refractivity contribution in [2.75, 3.05) is 13.6 Å². The summed E-state index contributed by atoms with van der Waals surface area (Å²) < 4.78 is 0. The molecular weight excluding hydrogens is 208 g/mol. The molecule has 2 N–H and O–H groups in total. The molecule has 0 saturated heterocycles. The summed E-state index contributed by atoms with van der Waals surface area (Å²) >= 11 is 0. The van der Waals surface area contributed by atoms with Crippen LogP contribution in [0.4, 0.5) is 0 Å². The van der Waals surface area contributed by atoms with Gasteiger partial charge < -0.3 is 15.3 Å². The average molecular weight is 228 g/mol. The molecular formula is C11H20N2O3. The minimum absolute atomic E-state index is 0.111. The Kier molecular flexibility index (Phi) is 4.73. The van der Waals surface area contributed by atoms with Crippen molar-refractivity contribution in [1.82, 2.24) is 10.2 Å². The highest BCUT2D eigenvalue weighted by atomic mass is 16.4. The van der Waals surface area contributed by atoms with Gasteiger partial charge in [0.1, 0.15) is 6.54 Å². The Morgan fingerprint density at radius 3 is 2.44 bits per heavy atom. The molecule has 1 rings (SSSR count). The molecule has 5 heteroatoms. The smallest absolute Gasteiger partial charge is 0.323 e. The molecule has 1 amide bonds. The van der Waals surface area contributed by atoms with Gasteiger partial charge in [-0.3, -0.25) is 9.59 Å². The molecule has 0 radical (unpaired) electrons. The number of carbonyl (C=O) groups is 2. The van der Waals surface area contributed by atoms with Gasteiger partial charge in [-0.2, -0.15) is 0 Å². The number of aliphatic carboxylic acids is 1. The van der Waals surface area contributed by atoms with Gasteiger partial charge in [0, 0.05) is 6.04 Å². The number of nitrogens with one attached hydrogen (secondary N) is 1. The van der Waals surface area contributed by atoms with E-state index < -0.39 is 5.97 Å². The zero-order valence-corrected chi connectivity index (χ0v) is 9.90. The topological polar surface area (TPSA) is 69.6 Å². The van der Waals surface area contributed by atoms with Crippen LogP contribution in [0.25, 0.3) is 0 Å². The molecule has 0 bridgehead atoms. The molecule has 16 heavy (non-hydrogen) atoms. The third kappa shape index (κ3) is 3.20. The molecule has 0 aromatic carbocycles. The number of likely N-dealkylation sites (N-methyl/N-ethyl adjacent to an activating group) is 1. The van der Waals surface area contributed by atoms with Gasteiger partial charge >= 0.3 is 5.97 Å². The highest BCUT2D eigenvalue weighted by molar-refractivity contribution is 5.85. The number of carboxylic acids is 1. The predicted molar refractivity (Wildman–Crippen MR) is 60.1 cm³/mol. The lowest BCUT2D eigenvalue weighted by atomic mass is 10.1. The van der Waals surface area contributed by atoms with E-state index in [-0.39, 0.29) is 24.5 Å². The van der Waals surface area contributed by atoms with Crippen molar-refractivity contribution in [3.63, 3.8) is 0 Å². The maximum atomic E-state index is 12.0. The number of amides is 1. The SMILES string of the molecule is CNC(C)C(=O)N(CC(=O)O)C1CCCC1. The number of carboxylic acid groups (broad SMARTS) is 1. The molecule has 92 valence electrons. The number of nitrogens with zero attached hydrogens (tertiary/aromatic N) is 1. The van der Waals surface area contributed by atoms with Crippen molar-refractivity contribution in [3.8, 4) is 0 Å². The summed E-state index contributed by atoms with van der Waals surface area (Å²) in [5, 5.41) is 11.7. The fraction of sp³-hybridized carbons (Fsp3) is 0.818. The Labute approximate surface area is 95.8 Å². The van der Waals surface area contributed by atoms with Crippen LogP contribution in [0.5, 0.6) is 0 Å². The van der Waals surface area contributed by atoms with E-state index in [9.17, 15) is 9.59 Å². The minimum atomic E-state index is -0.941. The lowest BCUT2D eigenvalue weighted by molar-refractivity contribution is -0.146. The minimum Gasteiger partial charge on any atom is -0.480 e. The van der Waals surface area contributed by atoms with E-state index in [4.69, 9.17) is 5.11 Å². The van der Waals surface area contributed by atoms with Crippen LogP contribution in [-0.2, 0) is 9.59 Å². The van der Waals surface area contributed by atoms with Gasteiger partial charge in [0.25, 0.3) is 0 Å². The third-order valence-corrected chi connectivity index (χ3v) is 3.16. The van der Waals surface area contributed by atoms with E-state index in [2.05, 4.69) is 5.32 Å². The zero-order chi connectivity index (χ0) is 12.1. The average Bonchev–Trinajstić information content (AvgIpc) is 2.76. The number of rotatable bonds is 5. The number of carbonyl (C=O) groups excluding carboxylic acids is 1. The molecule has 1 atom stereocenters. The predicted octanol–water partition coefficient (Wildman–Crippen LogP) is 0.450. The van der Waals surface area contributed by atoms with Crippen molar-refractivity contribution in [3.05, 3.63) is 0 Å². The van der Waals surface area contributed by atoms with Crippen molar-refractivity contribution < 1.29 is 14.7 Å². The Morgan fingerprint density at radius 2 is 2.00 bits per heavy atom. The lowest BCUT2D eigenvalue weighted by Gasteiger charge is -2.29. The van der Waals surface area contributed by atoms with Crippen molar-refractivity contribution in [2.45, 2.75) is 44.7 Å². The van der Waals surface area contributed by atoms with E-state index in [1.165, 1.54) is 4.90 Å². The van der Waals surface area contributed by atoms with Crippen LogP contribution in [-0.4, -0.2) is 47.6 Å². The fourth-order valence-electron chi connectivity index (χ4n) is 2.12. The highest BCUT2D eigenvalue weighted by Gasteiger charge is 2.30. The molecule has 0 heterocycles. The lowest BCUT2D eigenvalue weighted by Crippen LogP contribution is -2.49. The first kappa shape index (κ1) is 13.0. The van der Waals surface area contributed by atoms with E-state index >= 15 is 0 Å². The summed E-state index contributed by atoms with van der Waals surface area (Å²) in [7, 11) is 1.70. The van der Waals surface area contributed by atoms with Crippen LogP contribution < -0.4 is 5.32 Å². The van der Waals surface area contributed by atoms with Crippen molar-refractivity contribution >= 4 is 11.9 Å². The Bertz CT molecular complexity index is 262. The highest BCUT2D eigenvalue weighted by Crippen LogP contribution is 2.23. The van der Waals surface area contributed by atoms with Gasteiger partial charge in [0.15, 0.2) is 0 Å². The molecule has 1 aliphatic carbocycles. The maximum absolute atomic E-state index is 12.0. The van der Waals surface area contributed by atoms with Gasteiger partial charge in [-0.1, -0.05) is 12.8 Å². The molecule has 5 nitrogen and oxygen atoms in total. The summed E-state index contributed by atoms with van der Waals surface area (Å²) in [6.07, 6.45) is 4.02. The van der Waals surface area contributed by atoms with Gasteiger partial charge in [-0.25, -0.2) is 0 Å². The second-order valence-electron chi connectivity index (χ2n) is 4.31. The first-order valence-corrected chi connectivity index (χ1v) is 5.75. The molecule has 1 unspecified atom stereocenters. The van der Waals surface area contributed by atoms with E-state index in [1.54, 1.807) is 14.0 Å². The van der Waals surface area contributed by atoms with Crippen LogP contribution in [0, 0.1) is 0 Å². The summed E-state index contributed by atoms with van der Waals surface area (Å²) in [4.78, 5) is 24.3. The third-order valence-electron chi connectivity index (χ3n) is 3.16. The first-order chi connectivity index (χ1) is 7.56. The summed E-state index contributed by atoms with van der Waals surface area (Å²) in [6, 6.07) is -0.209. The second kappa shape index (κ2) is 5.84. The van der Waals surface area contributed by atoms with Crippen LogP contribution >= 0.6 is 0 Å². The standard InChI is InChI=1S/C11H20N2O3/c1-8(12-2)11(16)13(7-10(14)15)9-5-3-4-6-9/h8-9,12H,3-7H2,1-2H3,(H,14,15). The second-order valence-corrected chi connectivity index (χ2v) is 4.31. The molecule has 1 fully saturated rings. The molecule has 0 spiro atoms. The van der Waals surface area contributed by atoms with Crippen molar-refractivity contribution in [1.29, 1.82) is 0 Å². The Hall–Kier alpha value is -1.10. The maximum Gasteiger partial charge on any atom is 0.323 e. The molecule has 0 aliphatic heterocycles. The fourth-order valence-corrected chi connectivity index (χ4v) is 2.12. The Morgan fingerprint density at radius 1 is 1.44 bits per heavy atom. The Balaban J connectivity index is 2.69. The van der Waals surface area contributed by atoms with Crippen LogP contribution in [0.2, 0.25) is 0 Å². The van der Waals surface area contributed by atoms with Gasteiger partial charge in [-0.15, -0.1) is 0 Å². The van der Waals surface area contributed by atoms with Gasteiger partial charge in [-0.05, 0) is 26.8 Å². The number of hydrogen-bond acceptors (Lipinski definition) is 3. The molecule has 0 aromatic rings. The first-order valence-electron chi connectivity index (χ1n) is 5.75. The summed E-state index contributed by atoms with van der Waals surface area (Å²) in [5.74, 6) is -1.06. The quantitative estimate of drug-likeness (QED) is 0.717. The van der Waals surface area contributed by atoms with E-state index in [0.717, 1.165) is 25.7 Å². The van der Waals surface area contributed by atoms with Gasteiger partial charge in [0.05, 0.1) is 6.04 Å². The normalized spacial score (nSPS) is 18.4. The van der Waals surface area contributed by atoms with Crippen LogP contribution in [0.3, 0.4) is 0 Å². The van der Waals surface area contributed by atoms with Crippen LogP contribution in [0.15, 0.2) is 0 Å². The van der Waals surface area contributed by atoms with Crippen molar-refractivity contribution in [2.24, 2.45) is 0 Å². The molecule has 1 aliphatic rings.